The zero-order valence-corrected chi connectivity index (χ0v) is 75.0. The molecule has 698 valence electrons. The van der Waals surface area contributed by atoms with Gasteiger partial charge >= 0.3 is 42.1 Å². The summed E-state index contributed by atoms with van der Waals surface area (Å²) in [6.45, 7) is 22.6. The number of halogens is 3. The third-order valence-corrected chi connectivity index (χ3v) is 20.3. The molecule has 0 aromatic heterocycles. The van der Waals surface area contributed by atoms with Crippen LogP contribution in [-0.4, -0.2) is 215 Å². The number of hydrogen-bond donors (Lipinski definition) is 12. The Hall–Kier alpha value is -11.0. The molecule has 4 aromatic carbocycles. The molecule has 9 amide bonds. The molecule has 34 heteroatoms. The third-order valence-electron chi connectivity index (χ3n) is 20.3. The molecule has 6 rings (SSSR count). The van der Waals surface area contributed by atoms with Crippen LogP contribution in [0.2, 0.25) is 0 Å². The highest BCUT2D eigenvalue weighted by Gasteiger charge is 2.40. The molecular weight excluding hydrogens is 1630 g/mol. The molecule has 2 saturated heterocycles. The van der Waals surface area contributed by atoms with Crippen molar-refractivity contribution >= 4 is 88.6 Å². The number of amides is 9. The van der Waals surface area contributed by atoms with Crippen LogP contribution in [0.5, 0.6) is 0 Å². The number of hydrogen-bond acceptors (Lipinski definition) is 20. The Balaban J connectivity index is 0.000000531. The zero-order chi connectivity index (χ0) is 94.4. The van der Waals surface area contributed by atoms with Crippen molar-refractivity contribution in [1.29, 1.82) is 0 Å². The largest absolute Gasteiger partial charge is 0.490 e. The maximum atomic E-state index is 14.1. The minimum absolute atomic E-state index is 0.00815. The number of likely N-dealkylation sites (N-methyl/N-ethyl adjacent to an activating group) is 1. The Morgan fingerprint density at radius 3 is 1.27 bits per heavy atom. The van der Waals surface area contributed by atoms with E-state index in [1.165, 1.54) is 7.05 Å². The summed E-state index contributed by atoms with van der Waals surface area (Å²) in [6.07, 6.45) is 0.662. The molecule has 0 spiro atoms. The molecule has 2 heterocycles. The molecule has 8 atom stereocenters. The van der Waals surface area contributed by atoms with E-state index in [2.05, 4.69) is 37.2 Å². The smallest absolute Gasteiger partial charge is 0.480 e. The Morgan fingerprint density at radius 1 is 0.484 bits per heavy atom. The number of aliphatic carboxylic acids is 2. The van der Waals surface area contributed by atoms with E-state index in [1.54, 1.807) is 58.3 Å². The fourth-order valence-electron chi connectivity index (χ4n) is 13.8. The number of nitrogens with one attached hydrogen (secondary N) is 7. The molecule has 0 aliphatic carbocycles. The van der Waals surface area contributed by atoms with Crippen molar-refractivity contribution in [3.8, 4) is 0 Å². The van der Waals surface area contributed by atoms with Gasteiger partial charge in [0.05, 0.1) is 24.2 Å². The Morgan fingerprint density at radius 2 is 0.865 bits per heavy atom. The van der Waals surface area contributed by atoms with Crippen LogP contribution < -0.4 is 54.4 Å². The van der Waals surface area contributed by atoms with E-state index in [0.717, 1.165) is 35.1 Å². The van der Waals surface area contributed by atoms with Gasteiger partial charge in [0.25, 0.3) is 5.91 Å². The number of likely N-dealkylation sites (tertiary alicyclic amines) is 2. The number of carboxylic acid groups (broad SMARTS) is 2. The van der Waals surface area contributed by atoms with Gasteiger partial charge in [0.1, 0.15) is 23.3 Å². The Labute approximate surface area is 738 Å². The van der Waals surface area contributed by atoms with Crippen LogP contribution in [0, 0.1) is 29.6 Å². The SMILES string of the molecule is CC(C)C[C@@H](CC(=O)[C@@H](Cc1ccccc1)NC(=O)[C@@H](Cc1ccccc1)NC(=O)OC(C)(C)C)C(=O)N[C@H](CCCCNC(=O)OC(C)(C)C)C(=O)O.CCC(=O)C(=O)N1CCC(CC(=O)[C@@H](CCCCN)NC(=O)[C@H](CC(=O)[C@@H](Cc2ccccc2)NC(=O)[C@H](N)Cc2ccccc2)CC(C)C)CC1.CNC(=O)C(=O)N1CCC(N)CC1.O=C(O)C(F)(F)F. The van der Waals surface area contributed by atoms with Crippen molar-refractivity contribution < 1.29 is 105 Å². The summed E-state index contributed by atoms with van der Waals surface area (Å²) < 4.78 is 42.4. The van der Waals surface area contributed by atoms with Gasteiger partial charge in [-0.25, -0.2) is 19.2 Å². The summed E-state index contributed by atoms with van der Waals surface area (Å²) in [7, 11) is 1.45. The molecule has 4 aromatic rings. The first-order valence-electron chi connectivity index (χ1n) is 43.2. The number of piperidine rings is 2. The minimum Gasteiger partial charge on any atom is -0.480 e. The van der Waals surface area contributed by atoms with Gasteiger partial charge in [0.15, 0.2) is 17.3 Å². The van der Waals surface area contributed by atoms with Gasteiger partial charge in [-0.1, -0.05) is 156 Å². The van der Waals surface area contributed by atoms with Gasteiger partial charge in [-0.3, -0.25) is 52.7 Å². The molecular formula is C92H135F3N12O19. The van der Waals surface area contributed by atoms with E-state index in [1.807, 2.05) is 149 Å². The van der Waals surface area contributed by atoms with Crippen LogP contribution in [0.25, 0.3) is 0 Å². The van der Waals surface area contributed by atoms with Crippen molar-refractivity contribution in [3.05, 3.63) is 144 Å². The number of unbranched alkanes of at least 4 members (excludes halogenated alkanes) is 2. The van der Waals surface area contributed by atoms with Crippen molar-refractivity contribution in [2.75, 3.05) is 46.3 Å². The number of carboxylic acids is 2. The lowest BCUT2D eigenvalue weighted by Gasteiger charge is -2.32. The molecule has 2 fully saturated rings. The fourth-order valence-corrected chi connectivity index (χ4v) is 13.8. The predicted molar refractivity (Wildman–Crippen MR) is 469 cm³/mol. The first-order valence-corrected chi connectivity index (χ1v) is 43.2. The topological polar surface area (TPSA) is 484 Å². The predicted octanol–water partition coefficient (Wildman–Crippen LogP) is 8.75. The number of ketones is 4. The van der Waals surface area contributed by atoms with E-state index >= 15 is 0 Å². The molecule has 2 aliphatic rings. The number of carbonyl (C=O) groups is 15. The van der Waals surface area contributed by atoms with Crippen LogP contribution in [0.3, 0.4) is 0 Å². The van der Waals surface area contributed by atoms with E-state index < -0.39 is 137 Å². The molecule has 0 radical (unpaired) electrons. The normalized spacial score (nSPS) is 14.9. The zero-order valence-electron chi connectivity index (χ0n) is 75.0. The number of nitrogens with two attached hydrogens (primary N) is 3. The Kier molecular flexibility index (Phi) is 48.7. The van der Waals surface area contributed by atoms with E-state index in [9.17, 15) is 85.4 Å². The lowest BCUT2D eigenvalue weighted by Crippen LogP contribution is -2.54. The highest BCUT2D eigenvalue weighted by Crippen LogP contribution is 2.26. The van der Waals surface area contributed by atoms with Gasteiger partial charge in [-0.2, -0.15) is 13.2 Å². The maximum absolute atomic E-state index is 14.1. The summed E-state index contributed by atoms with van der Waals surface area (Å²) in [5.41, 5.74) is 19.6. The van der Waals surface area contributed by atoms with Crippen LogP contribution in [0.1, 0.15) is 201 Å². The van der Waals surface area contributed by atoms with Crippen molar-refractivity contribution in [3.63, 3.8) is 0 Å². The van der Waals surface area contributed by atoms with Gasteiger partial charge in [0, 0.05) is 89.8 Å². The second-order valence-electron chi connectivity index (χ2n) is 34.5. The third kappa shape index (κ3) is 44.7. The second-order valence-corrected chi connectivity index (χ2v) is 34.5. The van der Waals surface area contributed by atoms with Gasteiger partial charge in [-0.05, 0) is 184 Å². The highest BCUT2D eigenvalue weighted by molar-refractivity contribution is 6.36. The lowest BCUT2D eigenvalue weighted by atomic mass is 9.86. The van der Waals surface area contributed by atoms with E-state index in [4.69, 9.17) is 36.6 Å². The number of carbonyl (C=O) groups excluding carboxylic acids is 13. The summed E-state index contributed by atoms with van der Waals surface area (Å²) in [4.78, 5) is 192. The van der Waals surface area contributed by atoms with E-state index in [0.29, 0.717) is 96.9 Å². The fraction of sp³-hybridized carbons (Fsp3) is 0.576. The number of benzene rings is 4. The lowest BCUT2D eigenvalue weighted by molar-refractivity contribution is -0.192. The maximum Gasteiger partial charge on any atom is 0.490 e. The number of ether oxygens (including phenoxy) is 2. The summed E-state index contributed by atoms with van der Waals surface area (Å²) in [6, 6.07) is 31.4. The number of rotatable bonds is 42. The number of alkyl carbamates (subject to hydrolysis) is 2. The van der Waals surface area contributed by atoms with Crippen LogP contribution in [0.15, 0.2) is 121 Å². The molecule has 2 aliphatic heterocycles. The highest BCUT2D eigenvalue weighted by atomic mass is 19.4. The quantitative estimate of drug-likeness (QED) is 0.0146. The average Bonchev–Trinajstić information content (AvgIpc) is 0.850. The van der Waals surface area contributed by atoms with Crippen molar-refractivity contribution in [1.82, 2.24) is 47.0 Å². The minimum atomic E-state index is -5.08. The first kappa shape index (κ1) is 109. The number of nitrogens with zero attached hydrogens (tertiary/aromatic N) is 2. The molecule has 0 bridgehead atoms. The van der Waals surface area contributed by atoms with Crippen molar-refractivity contribution in [2.24, 2.45) is 46.8 Å². The monoisotopic (exact) mass is 1770 g/mol. The standard InChI is InChI=1S/C41H59N5O6.C41H60N4O9.C8H15N3O2.C2HF3O2/c1-4-36(47)41(52)46-21-18-31(19-22-46)26-37(48)34(17-11-12-20-42)44-39(50)32(23-28(2)3)27-38(49)35(25-30-15-9-6-10-16-30)45-40(51)33(43)24-29-13-7-5-8-14-29;1-27(2)23-30(35(47)43-31(37(49)50)21-15-16-22-42-38(51)53-40(3,4)5)26-34(46)32(24-28-17-11-9-12-18-28)44-36(48)33(25-29-19-13-10-14-20-29)45-39(52)54-41(6,7)8;1-10-7(12)8(13)11-4-2-6(9)3-5-11;3-2(4,5)1(6)7/h5-10,13-16,28,31-35H,4,11-12,17-27,42-43H2,1-3H3,(H,44,50)(H,45,51);9-14,17-20,27,30-33H,15-16,21-26H2,1-8H3,(H,42,51)(H,43,47)(H,44,48)(H,45,52)(H,49,50);6H,2-5,9H2,1H3,(H,10,12);(H,6,7)/t32-,33+,34+,35+;30-,31+,32+,33+;;/m00../s1. The number of Topliss-reactive ketones (excluding diaryl/α,β-unsaturated/α-hetero) is 4. The van der Waals surface area contributed by atoms with Crippen LogP contribution in [-0.2, 0) is 97.5 Å². The average molecular weight is 1770 g/mol. The molecule has 126 heavy (non-hydrogen) atoms. The molecule has 15 N–H and O–H groups in total. The summed E-state index contributed by atoms with van der Waals surface area (Å²) in [5.74, 6) is -10.1. The summed E-state index contributed by atoms with van der Waals surface area (Å²) in [5, 5.41) is 36.0. The Bertz CT molecular complexity index is 4100. The second kappa shape index (κ2) is 56.2. The number of alkyl halides is 3. The summed E-state index contributed by atoms with van der Waals surface area (Å²) >= 11 is 0. The molecule has 0 unspecified atom stereocenters. The van der Waals surface area contributed by atoms with Gasteiger partial charge in [0.2, 0.25) is 29.4 Å². The first-order chi connectivity index (χ1) is 59.2. The van der Waals surface area contributed by atoms with Crippen LogP contribution >= 0.6 is 0 Å². The molecule has 0 saturated carbocycles. The van der Waals surface area contributed by atoms with E-state index in [-0.39, 0.29) is 99.2 Å². The van der Waals surface area contributed by atoms with Crippen LogP contribution in [0.4, 0.5) is 22.8 Å². The molecule has 31 nitrogen and oxygen atoms in total. The van der Waals surface area contributed by atoms with Gasteiger partial charge < -0.3 is 83.9 Å². The van der Waals surface area contributed by atoms with Crippen molar-refractivity contribution in [2.45, 2.75) is 264 Å². The van der Waals surface area contributed by atoms with Gasteiger partial charge in [-0.15, -0.1) is 0 Å².